The average Bonchev–Trinajstić information content (AvgIpc) is 2.73. The van der Waals surface area contributed by atoms with Crippen molar-refractivity contribution in [2.75, 3.05) is 18.0 Å². The lowest BCUT2D eigenvalue weighted by Gasteiger charge is -2.32. The van der Waals surface area contributed by atoms with Crippen molar-refractivity contribution in [3.63, 3.8) is 0 Å². The van der Waals surface area contributed by atoms with E-state index in [2.05, 4.69) is 9.88 Å². The highest BCUT2D eigenvalue weighted by molar-refractivity contribution is 7.91. The molecule has 1 aliphatic rings. The maximum atomic E-state index is 13.0. The third-order valence-electron chi connectivity index (χ3n) is 5.46. The molecule has 0 aliphatic carbocycles. The van der Waals surface area contributed by atoms with E-state index in [0.717, 1.165) is 22.2 Å². The van der Waals surface area contributed by atoms with Crippen molar-refractivity contribution in [3.05, 3.63) is 60.3 Å². The van der Waals surface area contributed by atoms with Crippen LogP contribution in [0.3, 0.4) is 0 Å². The molecule has 3 aromatic rings. The number of aryl methyl sites for hydroxylation is 1. The van der Waals surface area contributed by atoms with Crippen LogP contribution < -0.4 is 4.90 Å². The lowest BCUT2D eigenvalue weighted by Crippen LogP contribution is -2.36. The van der Waals surface area contributed by atoms with E-state index >= 15 is 0 Å². The number of carbonyl (C=O) groups is 1. The fourth-order valence-corrected chi connectivity index (χ4v) is 5.16. The first-order valence-corrected chi connectivity index (χ1v) is 11.0. The molecule has 2 heterocycles. The molecule has 150 valence electrons. The van der Waals surface area contributed by atoms with Gasteiger partial charge in [-0.1, -0.05) is 24.3 Å². The third kappa shape index (κ3) is 3.70. The summed E-state index contributed by atoms with van der Waals surface area (Å²) in [5.74, 6) is -1.05. The van der Waals surface area contributed by atoms with E-state index in [1.165, 1.54) is 6.20 Å². The normalized spacial score (nSPS) is 15.6. The van der Waals surface area contributed by atoms with Gasteiger partial charge in [-0.15, -0.1) is 0 Å². The Morgan fingerprint density at radius 3 is 2.48 bits per heavy atom. The van der Waals surface area contributed by atoms with Gasteiger partial charge in [0.05, 0.1) is 26.9 Å². The standard InChI is InChI=1S/C22H22N2O4S/c1-15-4-2-6-18(12-15)29(27,28)19-13-17-5-3-7-20(21(17)23-14-19)24-10-8-16(9-11-24)22(25)26/h2-7,12-14,16H,8-11H2,1H3,(H,25,26). The van der Waals surface area contributed by atoms with Crippen LogP contribution in [-0.2, 0) is 14.6 Å². The molecule has 0 atom stereocenters. The Morgan fingerprint density at radius 1 is 1.07 bits per heavy atom. The second kappa shape index (κ2) is 7.48. The van der Waals surface area contributed by atoms with Crippen LogP contribution in [0.25, 0.3) is 10.9 Å². The van der Waals surface area contributed by atoms with Gasteiger partial charge in [-0.05, 0) is 49.6 Å². The molecule has 4 rings (SSSR count). The lowest BCUT2D eigenvalue weighted by molar-refractivity contribution is -0.142. The first-order valence-electron chi connectivity index (χ1n) is 9.54. The quantitative estimate of drug-likeness (QED) is 0.706. The molecule has 0 amide bonds. The molecule has 0 radical (unpaired) electrons. The third-order valence-corrected chi connectivity index (χ3v) is 7.18. The summed E-state index contributed by atoms with van der Waals surface area (Å²) in [4.78, 5) is 18.2. The van der Waals surface area contributed by atoms with Crippen LogP contribution in [-0.4, -0.2) is 37.6 Å². The number of anilines is 1. The van der Waals surface area contributed by atoms with Gasteiger partial charge in [-0.3, -0.25) is 9.78 Å². The largest absolute Gasteiger partial charge is 0.481 e. The number of hydrogen-bond acceptors (Lipinski definition) is 5. The number of piperidine rings is 1. The fraction of sp³-hybridized carbons (Fsp3) is 0.273. The summed E-state index contributed by atoms with van der Waals surface area (Å²) in [5, 5.41) is 9.94. The maximum Gasteiger partial charge on any atom is 0.306 e. The molecular weight excluding hydrogens is 388 g/mol. The summed E-state index contributed by atoms with van der Waals surface area (Å²) in [6.07, 6.45) is 2.59. The van der Waals surface area contributed by atoms with Crippen molar-refractivity contribution in [2.45, 2.75) is 29.6 Å². The highest BCUT2D eigenvalue weighted by Crippen LogP contribution is 2.31. The van der Waals surface area contributed by atoms with Gasteiger partial charge in [0, 0.05) is 24.7 Å². The predicted octanol–water partition coefficient (Wildman–Crippen LogP) is 3.68. The van der Waals surface area contributed by atoms with Gasteiger partial charge in [0.2, 0.25) is 9.84 Å². The number of sulfone groups is 1. The number of hydrogen-bond donors (Lipinski definition) is 1. The van der Waals surface area contributed by atoms with E-state index in [4.69, 9.17) is 0 Å². The topological polar surface area (TPSA) is 87.6 Å². The van der Waals surface area contributed by atoms with E-state index in [9.17, 15) is 18.3 Å². The molecule has 0 saturated carbocycles. The summed E-state index contributed by atoms with van der Waals surface area (Å²) in [7, 11) is -3.65. The summed E-state index contributed by atoms with van der Waals surface area (Å²) in [5.41, 5.74) is 2.52. The second-order valence-corrected chi connectivity index (χ2v) is 9.39. The molecule has 0 spiro atoms. The van der Waals surface area contributed by atoms with Crippen molar-refractivity contribution in [3.8, 4) is 0 Å². The van der Waals surface area contributed by atoms with E-state index in [-0.39, 0.29) is 15.7 Å². The highest BCUT2D eigenvalue weighted by atomic mass is 32.2. The smallest absolute Gasteiger partial charge is 0.306 e. The molecule has 1 aliphatic heterocycles. The van der Waals surface area contributed by atoms with Crippen molar-refractivity contribution in [1.82, 2.24) is 4.98 Å². The summed E-state index contributed by atoms with van der Waals surface area (Å²) in [6, 6.07) is 14.2. The number of rotatable bonds is 4. The SMILES string of the molecule is Cc1cccc(S(=O)(=O)c2cnc3c(N4CCC(C(=O)O)CC4)cccc3c2)c1. The number of pyridine rings is 1. The monoisotopic (exact) mass is 410 g/mol. The molecule has 0 unspecified atom stereocenters. The summed E-state index contributed by atoms with van der Waals surface area (Å²) >= 11 is 0. The zero-order chi connectivity index (χ0) is 20.6. The van der Waals surface area contributed by atoms with E-state index in [1.807, 2.05) is 31.2 Å². The van der Waals surface area contributed by atoms with Crippen LogP contribution in [0.1, 0.15) is 18.4 Å². The number of carboxylic acids is 1. The van der Waals surface area contributed by atoms with Gasteiger partial charge in [0.1, 0.15) is 0 Å². The van der Waals surface area contributed by atoms with Crippen LogP contribution in [0, 0.1) is 12.8 Å². The van der Waals surface area contributed by atoms with E-state index in [1.54, 1.807) is 24.3 Å². The minimum Gasteiger partial charge on any atom is -0.481 e. The molecule has 2 aromatic carbocycles. The molecule has 7 heteroatoms. The number of fused-ring (bicyclic) bond motifs is 1. The fourth-order valence-electron chi connectivity index (χ4n) is 3.81. The van der Waals surface area contributed by atoms with Crippen LogP contribution in [0.4, 0.5) is 5.69 Å². The number of aromatic nitrogens is 1. The molecule has 0 bridgehead atoms. The van der Waals surface area contributed by atoms with Crippen LogP contribution >= 0.6 is 0 Å². The van der Waals surface area contributed by atoms with Crippen molar-refractivity contribution >= 4 is 32.4 Å². The zero-order valence-corrected chi connectivity index (χ0v) is 16.9. The second-order valence-electron chi connectivity index (χ2n) is 7.44. The molecule has 29 heavy (non-hydrogen) atoms. The molecule has 6 nitrogen and oxygen atoms in total. The number of para-hydroxylation sites is 1. The van der Waals surface area contributed by atoms with Crippen LogP contribution in [0.2, 0.25) is 0 Å². The Balaban J connectivity index is 1.69. The first-order chi connectivity index (χ1) is 13.9. The van der Waals surface area contributed by atoms with Gasteiger partial charge in [-0.2, -0.15) is 0 Å². The lowest BCUT2D eigenvalue weighted by atomic mass is 9.96. The molecule has 1 aromatic heterocycles. The van der Waals surface area contributed by atoms with Gasteiger partial charge < -0.3 is 10.0 Å². The van der Waals surface area contributed by atoms with Crippen molar-refractivity contribution in [1.29, 1.82) is 0 Å². The van der Waals surface area contributed by atoms with E-state index in [0.29, 0.717) is 25.9 Å². The van der Waals surface area contributed by atoms with E-state index < -0.39 is 15.8 Å². The van der Waals surface area contributed by atoms with Gasteiger partial charge in [-0.25, -0.2) is 8.42 Å². The number of nitrogens with zero attached hydrogens (tertiary/aromatic N) is 2. The maximum absolute atomic E-state index is 13.0. The Labute approximate surface area is 169 Å². The van der Waals surface area contributed by atoms with Gasteiger partial charge in [0.25, 0.3) is 0 Å². The first kappa shape index (κ1) is 19.4. The zero-order valence-electron chi connectivity index (χ0n) is 16.1. The Kier molecular flexibility index (Phi) is 5.00. The van der Waals surface area contributed by atoms with Crippen molar-refractivity contribution in [2.24, 2.45) is 5.92 Å². The average molecular weight is 410 g/mol. The highest BCUT2D eigenvalue weighted by Gasteiger charge is 2.26. The Morgan fingerprint density at radius 2 is 1.79 bits per heavy atom. The molecular formula is C22H22N2O4S. The summed E-state index contributed by atoms with van der Waals surface area (Å²) in [6.45, 7) is 3.14. The number of carboxylic acid groups (broad SMARTS) is 1. The van der Waals surface area contributed by atoms with Crippen LogP contribution in [0.5, 0.6) is 0 Å². The Bertz CT molecular complexity index is 1180. The van der Waals surface area contributed by atoms with Crippen molar-refractivity contribution < 1.29 is 18.3 Å². The van der Waals surface area contributed by atoms with Crippen LogP contribution in [0.15, 0.2) is 64.5 Å². The molecule has 1 fully saturated rings. The minimum atomic E-state index is -3.65. The predicted molar refractivity (Wildman–Crippen MR) is 111 cm³/mol. The number of aliphatic carboxylic acids is 1. The number of benzene rings is 2. The Hall–Kier alpha value is -2.93. The van der Waals surface area contributed by atoms with Gasteiger partial charge >= 0.3 is 5.97 Å². The minimum absolute atomic E-state index is 0.164. The van der Waals surface area contributed by atoms with Gasteiger partial charge in [0.15, 0.2) is 0 Å². The molecule has 1 saturated heterocycles. The summed E-state index contributed by atoms with van der Waals surface area (Å²) < 4.78 is 26.0. The molecule has 1 N–H and O–H groups in total.